The van der Waals surface area contributed by atoms with Gasteiger partial charge in [-0.3, -0.25) is 20.4 Å². The quantitative estimate of drug-likeness (QED) is 0.714. The van der Waals surface area contributed by atoms with Gasteiger partial charge in [-0.1, -0.05) is 50.1 Å². The van der Waals surface area contributed by atoms with Crippen LogP contribution >= 0.6 is 0 Å². The van der Waals surface area contributed by atoms with Crippen molar-refractivity contribution in [2.75, 3.05) is 0 Å². The summed E-state index contributed by atoms with van der Waals surface area (Å²) in [5.41, 5.74) is 6.42. The van der Waals surface area contributed by atoms with Crippen molar-refractivity contribution in [1.82, 2.24) is 10.9 Å². The number of aliphatic hydroxyl groups excluding tert-OH is 1. The predicted molar refractivity (Wildman–Crippen MR) is 92.3 cm³/mol. The van der Waals surface area contributed by atoms with Crippen LogP contribution in [0.1, 0.15) is 58.6 Å². The van der Waals surface area contributed by atoms with Crippen LogP contribution in [0.5, 0.6) is 0 Å². The first kappa shape index (κ1) is 17.7. The van der Waals surface area contributed by atoms with Gasteiger partial charge in [0.25, 0.3) is 11.8 Å². The second-order valence-electron chi connectivity index (χ2n) is 5.55. The molecular formula is C19H22N2O3. The van der Waals surface area contributed by atoms with Gasteiger partial charge < -0.3 is 5.11 Å². The maximum absolute atomic E-state index is 12.0. The number of hydrogen-bond donors (Lipinski definition) is 3. The molecular weight excluding hydrogens is 304 g/mol. The molecule has 5 heteroatoms. The van der Waals surface area contributed by atoms with E-state index in [0.29, 0.717) is 17.5 Å². The number of nitrogens with one attached hydrogen (secondary N) is 2. The van der Waals surface area contributed by atoms with E-state index in [1.165, 1.54) is 0 Å². The first-order chi connectivity index (χ1) is 11.6. The number of hydrazine groups is 1. The number of rotatable bonds is 6. The molecule has 0 spiro atoms. The molecule has 5 nitrogen and oxygen atoms in total. The number of unbranched alkanes of at least 4 members (excludes halogenated alkanes) is 1. The molecule has 24 heavy (non-hydrogen) atoms. The van der Waals surface area contributed by atoms with Gasteiger partial charge in [0, 0.05) is 11.1 Å². The fraction of sp³-hybridized carbons (Fsp3) is 0.263. The highest BCUT2D eigenvalue weighted by Gasteiger charge is 2.11. The number of carbonyl (C=O) groups excluding carboxylic acids is 2. The van der Waals surface area contributed by atoms with E-state index in [9.17, 15) is 14.7 Å². The molecule has 2 amide bonds. The molecule has 0 saturated heterocycles. The molecule has 2 aromatic rings. The van der Waals surface area contributed by atoms with Gasteiger partial charge in [-0.2, -0.15) is 0 Å². The summed E-state index contributed by atoms with van der Waals surface area (Å²) in [6, 6.07) is 15.4. The summed E-state index contributed by atoms with van der Waals surface area (Å²) in [6.45, 7) is 2.07. The standard InChI is InChI=1S/C19H22N2O3/c1-2-3-9-17(22)14-10-12-16(13-11-14)19(24)21-20-18(23)15-7-5-4-6-8-15/h4-8,10-13,17,22H,2-3,9H2,1H3,(H,20,23)(H,21,24). The Labute approximate surface area is 141 Å². The molecule has 0 aliphatic heterocycles. The first-order valence-corrected chi connectivity index (χ1v) is 8.05. The smallest absolute Gasteiger partial charge is 0.269 e. The van der Waals surface area contributed by atoms with E-state index in [1.54, 1.807) is 48.5 Å². The minimum absolute atomic E-state index is 0.379. The number of carbonyl (C=O) groups is 2. The lowest BCUT2D eigenvalue weighted by Gasteiger charge is -2.11. The summed E-state index contributed by atoms with van der Waals surface area (Å²) in [6.07, 6.45) is 2.17. The molecule has 0 aliphatic rings. The van der Waals surface area contributed by atoms with Crippen LogP contribution in [0.3, 0.4) is 0 Å². The summed E-state index contributed by atoms with van der Waals surface area (Å²) in [5.74, 6) is -0.788. The molecule has 2 rings (SSSR count). The van der Waals surface area contributed by atoms with Crippen molar-refractivity contribution in [2.45, 2.75) is 32.3 Å². The van der Waals surface area contributed by atoms with Crippen molar-refractivity contribution >= 4 is 11.8 Å². The van der Waals surface area contributed by atoms with Crippen LogP contribution in [0, 0.1) is 0 Å². The predicted octanol–water partition coefficient (Wildman–Crippen LogP) is 2.99. The van der Waals surface area contributed by atoms with Gasteiger partial charge in [0.05, 0.1) is 6.10 Å². The first-order valence-electron chi connectivity index (χ1n) is 8.05. The van der Waals surface area contributed by atoms with Gasteiger partial charge >= 0.3 is 0 Å². The summed E-state index contributed by atoms with van der Waals surface area (Å²) in [4.78, 5) is 23.9. The summed E-state index contributed by atoms with van der Waals surface area (Å²) in [7, 11) is 0. The number of hydrogen-bond acceptors (Lipinski definition) is 3. The van der Waals surface area contributed by atoms with Crippen molar-refractivity contribution in [3.05, 3.63) is 71.3 Å². The molecule has 0 radical (unpaired) electrons. The average molecular weight is 326 g/mol. The molecule has 0 aromatic heterocycles. The van der Waals surface area contributed by atoms with E-state index in [2.05, 4.69) is 17.8 Å². The second kappa shape index (κ2) is 8.84. The van der Waals surface area contributed by atoms with E-state index in [-0.39, 0.29) is 5.91 Å². The number of benzene rings is 2. The van der Waals surface area contributed by atoms with Crippen LogP contribution in [-0.4, -0.2) is 16.9 Å². The van der Waals surface area contributed by atoms with Gasteiger partial charge in [0.2, 0.25) is 0 Å². The number of aliphatic hydroxyl groups is 1. The zero-order chi connectivity index (χ0) is 17.4. The van der Waals surface area contributed by atoms with Gasteiger partial charge in [0.15, 0.2) is 0 Å². The van der Waals surface area contributed by atoms with E-state index in [1.807, 2.05) is 6.07 Å². The fourth-order valence-corrected chi connectivity index (χ4v) is 2.27. The minimum atomic E-state index is -0.514. The number of amides is 2. The zero-order valence-corrected chi connectivity index (χ0v) is 13.7. The van der Waals surface area contributed by atoms with Crippen molar-refractivity contribution in [1.29, 1.82) is 0 Å². The SMILES string of the molecule is CCCCC(O)c1ccc(C(=O)NNC(=O)c2ccccc2)cc1. The maximum atomic E-state index is 12.0. The molecule has 2 aromatic carbocycles. The van der Waals surface area contributed by atoms with Crippen LogP contribution in [0.25, 0.3) is 0 Å². The van der Waals surface area contributed by atoms with Crippen LogP contribution in [0.2, 0.25) is 0 Å². The van der Waals surface area contributed by atoms with Crippen LogP contribution < -0.4 is 10.9 Å². The Kier molecular flexibility index (Phi) is 6.51. The van der Waals surface area contributed by atoms with Gasteiger partial charge in [-0.15, -0.1) is 0 Å². The van der Waals surface area contributed by atoms with E-state index < -0.39 is 12.0 Å². The lowest BCUT2D eigenvalue weighted by Crippen LogP contribution is -2.41. The Balaban J connectivity index is 1.89. The molecule has 3 N–H and O–H groups in total. The molecule has 0 saturated carbocycles. The van der Waals surface area contributed by atoms with Crippen molar-refractivity contribution < 1.29 is 14.7 Å². The lowest BCUT2D eigenvalue weighted by atomic mass is 10.0. The highest BCUT2D eigenvalue weighted by Crippen LogP contribution is 2.19. The third-order valence-corrected chi connectivity index (χ3v) is 3.71. The third kappa shape index (κ3) is 4.93. The Hall–Kier alpha value is -2.66. The summed E-state index contributed by atoms with van der Waals surface area (Å²) < 4.78 is 0. The van der Waals surface area contributed by atoms with E-state index >= 15 is 0 Å². The minimum Gasteiger partial charge on any atom is -0.388 e. The third-order valence-electron chi connectivity index (χ3n) is 3.71. The van der Waals surface area contributed by atoms with Gasteiger partial charge in [-0.25, -0.2) is 0 Å². The molecule has 0 bridgehead atoms. The van der Waals surface area contributed by atoms with Crippen molar-refractivity contribution in [3.63, 3.8) is 0 Å². The molecule has 1 unspecified atom stereocenters. The molecule has 0 aliphatic carbocycles. The van der Waals surface area contributed by atoms with Crippen LogP contribution in [-0.2, 0) is 0 Å². The van der Waals surface area contributed by atoms with Crippen molar-refractivity contribution in [2.24, 2.45) is 0 Å². The van der Waals surface area contributed by atoms with Crippen molar-refractivity contribution in [3.8, 4) is 0 Å². The highest BCUT2D eigenvalue weighted by molar-refractivity contribution is 5.99. The monoisotopic (exact) mass is 326 g/mol. The maximum Gasteiger partial charge on any atom is 0.269 e. The highest BCUT2D eigenvalue weighted by atomic mass is 16.3. The lowest BCUT2D eigenvalue weighted by molar-refractivity contribution is 0.0846. The molecule has 0 fully saturated rings. The van der Waals surface area contributed by atoms with E-state index in [0.717, 1.165) is 18.4 Å². The van der Waals surface area contributed by atoms with Crippen LogP contribution in [0.4, 0.5) is 0 Å². The Bertz CT molecular complexity index is 669. The van der Waals surface area contributed by atoms with E-state index in [4.69, 9.17) is 0 Å². The summed E-state index contributed by atoms with van der Waals surface area (Å²) in [5, 5.41) is 10.0. The largest absolute Gasteiger partial charge is 0.388 e. The van der Waals surface area contributed by atoms with Gasteiger partial charge in [-0.05, 0) is 36.2 Å². The second-order valence-corrected chi connectivity index (χ2v) is 5.55. The molecule has 0 heterocycles. The average Bonchev–Trinajstić information content (AvgIpc) is 2.64. The normalized spacial score (nSPS) is 11.6. The van der Waals surface area contributed by atoms with Crippen LogP contribution in [0.15, 0.2) is 54.6 Å². The Morgan fingerprint density at radius 3 is 2.00 bits per heavy atom. The fourth-order valence-electron chi connectivity index (χ4n) is 2.27. The Morgan fingerprint density at radius 2 is 1.46 bits per heavy atom. The van der Waals surface area contributed by atoms with Gasteiger partial charge in [0.1, 0.15) is 0 Å². The zero-order valence-electron chi connectivity index (χ0n) is 13.7. The topological polar surface area (TPSA) is 78.4 Å². The molecule has 126 valence electrons. The Morgan fingerprint density at radius 1 is 0.917 bits per heavy atom. The summed E-state index contributed by atoms with van der Waals surface area (Å²) >= 11 is 0. The molecule has 1 atom stereocenters.